The van der Waals surface area contributed by atoms with E-state index in [1.165, 1.54) is 5.69 Å². The van der Waals surface area contributed by atoms with Crippen molar-refractivity contribution in [1.29, 1.82) is 0 Å². The maximum atomic E-state index is 12.2. The van der Waals surface area contributed by atoms with Gasteiger partial charge in [0.15, 0.2) is 0 Å². The van der Waals surface area contributed by atoms with E-state index in [-0.39, 0.29) is 12.1 Å². The molecule has 2 rings (SSSR count). The zero-order chi connectivity index (χ0) is 16.1. The van der Waals surface area contributed by atoms with E-state index in [9.17, 15) is 4.79 Å². The van der Waals surface area contributed by atoms with Crippen LogP contribution >= 0.6 is 11.6 Å². The number of nitrogens with zero attached hydrogens (tertiary/aromatic N) is 2. The molecule has 22 heavy (non-hydrogen) atoms. The Kier molecular flexibility index (Phi) is 5.95. The first-order chi connectivity index (χ1) is 10.5. The van der Waals surface area contributed by atoms with Crippen molar-refractivity contribution in [2.24, 2.45) is 0 Å². The van der Waals surface area contributed by atoms with Crippen LogP contribution in [0.1, 0.15) is 33.1 Å². The van der Waals surface area contributed by atoms with Gasteiger partial charge >= 0.3 is 6.03 Å². The van der Waals surface area contributed by atoms with Gasteiger partial charge in [-0.3, -0.25) is 0 Å². The number of halogens is 1. The van der Waals surface area contributed by atoms with E-state index in [1.54, 1.807) is 0 Å². The molecule has 1 unspecified atom stereocenters. The third kappa shape index (κ3) is 4.29. The highest BCUT2D eigenvalue weighted by Gasteiger charge is 2.25. The second-order valence-corrected chi connectivity index (χ2v) is 6.50. The number of rotatable bonds is 4. The molecular weight excluding hydrogens is 298 g/mol. The summed E-state index contributed by atoms with van der Waals surface area (Å²) in [6, 6.07) is 8.55. The minimum absolute atomic E-state index is 0.0410. The lowest BCUT2D eigenvalue weighted by atomic mass is 10.0. The monoisotopic (exact) mass is 323 g/mol. The number of piperidine rings is 1. The standard InChI is InChI=1S/C17H26ClN3O/c1-4-13(2)19-17(22)20(3)15-9-11-21(12-10-15)16-7-5-14(18)6-8-16/h5-8,13,15H,4,9-12H2,1-3H3,(H,19,22). The summed E-state index contributed by atoms with van der Waals surface area (Å²) in [6.45, 7) is 6.05. The maximum Gasteiger partial charge on any atom is 0.317 e. The number of nitrogens with one attached hydrogen (secondary N) is 1. The third-order valence-corrected chi connectivity index (χ3v) is 4.76. The minimum atomic E-state index is 0.0410. The van der Waals surface area contributed by atoms with Crippen molar-refractivity contribution in [3.05, 3.63) is 29.3 Å². The Morgan fingerprint density at radius 1 is 1.36 bits per heavy atom. The topological polar surface area (TPSA) is 35.6 Å². The molecule has 0 aliphatic carbocycles. The average Bonchev–Trinajstić information content (AvgIpc) is 2.55. The highest BCUT2D eigenvalue weighted by atomic mass is 35.5. The SMILES string of the molecule is CCC(C)NC(=O)N(C)C1CCN(c2ccc(Cl)cc2)CC1. The fraction of sp³-hybridized carbons (Fsp3) is 0.588. The molecule has 1 aliphatic rings. The van der Waals surface area contributed by atoms with Crippen molar-refractivity contribution in [1.82, 2.24) is 10.2 Å². The number of carbonyl (C=O) groups excluding carboxylic acids is 1. The van der Waals surface area contributed by atoms with Gasteiger partial charge in [0, 0.05) is 42.9 Å². The Hall–Kier alpha value is -1.42. The molecule has 4 nitrogen and oxygen atoms in total. The van der Waals surface area contributed by atoms with Crippen LogP contribution in [0.2, 0.25) is 5.02 Å². The highest BCUT2D eigenvalue weighted by molar-refractivity contribution is 6.30. The van der Waals surface area contributed by atoms with Gasteiger partial charge in [0.05, 0.1) is 0 Å². The molecule has 122 valence electrons. The molecule has 0 bridgehead atoms. The van der Waals surface area contributed by atoms with Crippen molar-refractivity contribution in [3.63, 3.8) is 0 Å². The number of urea groups is 1. The van der Waals surface area contributed by atoms with Gasteiger partial charge in [0.1, 0.15) is 0 Å². The molecule has 1 N–H and O–H groups in total. The molecule has 1 aromatic rings. The molecule has 1 saturated heterocycles. The molecule has 1 aromatic carbocycles. The number of amides is 2. The zero-order valence-corrected chi connectivity index (χ0v) is 14.4. The molecule has 2 amide bonds. The molecule has 1 heterocycles. The van der Waals surface area contributed by atoms with E-state index >= 15 is 0 Å². The first-order valence-electron chi connectivity index (χ1n) is 8.05. The molecular formula is C17H26ClN3O. The summed E-state index contributed by atoms with van der Waals surface area (Å²) in [5.74, 6) is 0. The Bertz CT molecular complexity index is 483. The molecule has 1 atom stereocenters. The Labute approximate surface area is 138 Å². The van der Waals surface area contributed by atoms with Gasteiger partial charge in [-0.05, 0) is 50.5 Å². The Morgan fingerprint density at radius 3 is 2.50 bits per heavy atom. The van der Waals surface area contributed by atoms with E-state index in [4.69, 9.17) is 11.6 Å². The van der Waals surface area contributed by atoms with Gasteiger partial charge in [-0.2, -0.15) is 0 Å². The minimum Gasteiger partial charge on any atom is -0.371 e. The predicted molar refractivity (Wildman–Crippen MR) is 92.7 cm³/mol. The summed E-state index contributed by atoms with van der Waals surface area (Å²) in [5.41, 5.74) is 1.20. The number of carbonyl (C=O) groups is 1. The number of anilines is 1. The van der Waals surface area contributed by atoms with Crippen molar-refractivity contribution in [2.45, 2.75) is 45.2 Å². The summed E-state index contributed by atoms with van der Waals surface area (Å²) >= 11 is 5.93. The van der Waals surface area contributed by atoms with Crippen LogP contribution in [0.5, 0.6) is 0 Å². The summed E-state index contributed by atoms with van der Waals surface area (Å²) in [6.07, 6.45) is 2.94. The summed E-state index contributed by atoms with van der Waals surface area (Å²) < 4.78 is 0. The van der Waals surface area contributed by atoms with Crippen LogP contribution in [0.3, 0.4) is 0 Å². The lowest BCUT2D eigenvalue weighted by molar-refractivity contribution is 0.176. The van der Waals surface area contributed by atoms with Crippen LogP contribution in [0.4, 0.5) is 10.5 Å². The molecule has 0 aromatic heterocycles. The Morgan fingerprint density at radius 2 is 1.95 bits per heavy atom. The quantitative estimate of drug-likeness (QED) is 0.916. The normalized spacial score (nSPS) is 17.2. The van der Waals surface area contributed by atoms with Crippen LogP contribution in [-0.4, -0.2) is 43.2 Å². The molecule has 0 saturated carbocycles. The smallest absolute Gasteiger partial charge is 0.317 e. The summed E-state index contributed by atoms with van der Waals surface area (Å²) in [5, 5.41) is 3.80. The van der Waals surface area contributed by atoms with Gasteiger partial charge in [-0.1, -0.05) is 18.5 Å². The average molecular weight is 324 g/mol. The largest absolute Gasteiger partial charge is 0.371 e. The first kappa shape index (κ1) is 16.9. The zero-order valence-electron chi connectivity index (χ0n) is 13.7. The van der Waals surface area contributed by atoms with Crippen molar-refractivity contribution in [3.8, 4) is 0 Å². The highest BCUT2D eigenvalue weighted by Crippen LogP contribution is 2.23. The summed E-state index contributed by atoms with van der Waals surface area (Å²) in [4.78, 5) is 16.4. The number of benzene rings is 1. The molecule has 1 aliphatic heterocycles. The van der Waals surface area contributed by atoms with Gasteiger partial charge in [-0.25, -0.2) is 4.79 Å². The number of hydrogen-bond acceptors (Lipinski definition) is 2. The lowest BCUT2D eigenvalue weighted by Crippen LogP contribution is -2.50. The van der Waals surface area contributed by atoms with Crippen molar-refractivity contribution < 1.29 is 4.79 Å². The molecule has 0 spiro atoms. The van der Waals surface area contributed by atoms with E-state index in [1.807, 2.05) is 31.0 Å². The number of hydrogen-bond donors (Lipinski definition) is 1. The molecule has 5 heteroatoms. The van der Waals surface area contributed by atoms with E-state index in [2.05, 4.69) is 29.3 Å². The van der Waals surface area contributed by atoms with Crippen LogP contribution in [0.25, 0.3) is 0 Å². The fourth-order valence-corrected chi connectivity index (χ4v) is 2.87. The van der Waals surface area contributed by atoms with Gasteiger partial charge in [0.25, 0.3) is 0 Å². The van der Waals surface area contributed by atoms with Gasteiger partial charge in [0.2, 0.25) is 0 Å². The van der Waals surface area contributed by atoms with Crippen LogP contribution in [-0.2, 0) is 0 Å². The second-order valence-electron chi connectivity index (χ2n) is 6.06. The molecule has 1 fully saturated rings. The lowest BCUT2D eigenvalue weighted by Gasteiger charge is -2.38. The van der Waals surface area contributed by atoms with E-state index in [0.717, 1.165) is 37.4 Å². The fourth-order valence-electron chi connectivity index (χ4n) is 2.74. The predicted octanol–water partition coefficient (Wildman–Crippen LogP) is 3.75. The van der Waals surface area contributed by atoms with Crippen molar-refractivity contribution >= 4 is 23.3 Å². The van der Waals surface area contributed by atoms with Gasteiger partial charge < -0.3 is 15.1 Å². The van der Waals surface area contributed by atoms with E-state index < -0.39 is 0 Å². The van der Waals surface area contributed by atoms with E-state index in [0.29, 0.717) is 6.04 Å². The van der Waals surface area contributed by atoms with Crippen LogP contribution in [0.15, 0.2) is 24.3 Å². The Balaban J connectivity index is 1.86. The maximum absolute atomic E-state index is 12.2. The summed E-state index contributed by atoms with van der Waals surface area (Å²) in [7, 11) is 1.90. The van der Waals surface area contributed by atoms with Crippen molar-refractivity contribution in [2.75, 3.05) is 25.0 Å². The second kappa shape index (κ2) is 7.73. The first-order valence-corrected chi connectivity index (χ1v) is 8.43. The molecule has 0 radical (unpaired) electrons. The third-order valence-electron chi connectivity index (χ3n) is 4.51. The van der Waals surface area contributed by atoms with Crippen LogP contribution < -0.4 is 10.2 Å². The van der Waals surface area contributed by atoms with Gasteiger partial charge in [-0.15, -0.1) is 0 Å². The van der Waals surface area contributed by atoms with Crippen LogP contribution in [0, 0.1) is 0 Å².